The van der Waals surface area contributed by atoms with Crippen molar-refractivity contribution in [1.82, 2.24) is 19.4 Å². The molecule has 3 heterocycles. The van der Waals surface area contributed by atoms with E-state index in [0.717, 1.165) is 53.4 Å². The van der Waals surface area contributed by atoms with Crippen LogP contribution in [0, 0.1) is 0 Å². The molecule has 0 spiro atoms. The summed E-state index contributed by atoms with van der Waals surface area (Å²) in [5.41, 5.74) is 4.32. The van der Waals surface area contributed by atoms with E-state index in [4.69, 9.17) is 9.47 Å². The average molecular weight is 574 g/mol. The Hall–Kier alpha value is -3.85. The molecule has 0 unspecified atom stereocenters. The summed E-state index contributed by atoms with van der Waals surface area (Å²) in [4.78, 5) is 36.3. The van der Waals surface area contributed by atoms with Gasteiger partial charge in [0, 0.05) is 56.2 Å². The summed E-state index contributed by atoms with van der Waals surface area (Å²) < 4.78 is 13.4. The van der Waals surface area contributed by atoms with E-state index in [9.17, 15) is 9.59 Å². The van der Waals surface area contributed by atoms with Gasteiger partial charge in [0.05, 0.1) is 17.7 Å². The summed E-state index contributed by atoms with van der Waals surface area (Å²) in [5.74, 6) is 0. The maximum absolute atomic E-state index is 13.8. The fourth-order valence-corrected chi connectivity index (χ4v) is 5.64. The van der Waals surface area contributed by atoms with E-state index in [-0.39, 0.29) is 11.5 Å². The van der Waals surface area contributed by atoms with Crippen molar-refractivity contribution in [2.45, 2.75) is 78.6 Å². The molecule has 2 aliphatic rings. The molecule has 0 radical (unpaired) electrons. The Labute approximate surface area is 249 Å². The van der Waals surface area contributed by atoms with E-state index in [2.05, 4.69) is 48.0 Å². The molecule has 0 aliphatic carbocycles. The molecule has 0 bridgehead atoms. The van der Waals surface area contributed by atoms with Gasteiger partial charge in [-0.2, -0.15) is 0 Å². The number of carbonyl (C=O) groups is 2. The Morgan fingerprint density at radius 2 is 1.50 bits per heavy atom. The zero-order valence-electron chi connectivity index (χ0n) is 26.1. The van der Waals surface area contributed by atoms with Crippen molar-refractivity contribution in [1.29, 1.82) is 0 Å². The van der Waals surface area contributed by atoms with Gasteiger partial charge in [-0.1, -0.05) is 32.0 Å². The second-order valence-electron chi connectivity index (χ2n) is 13.7. The molecular weight excluding hydrogens is 530 g/mol. The fourth-order valence-electron chi connectivity index (χ4n) is 5.64. The van der Waals surface area contributed by atoms with E-state index in [1.807, 2.05) is 64.4 Å². The molecule has 1 aromatic heterocycles. The standard InChI is InChI=1S/C33H43N5O4/c1-31(2,3)41-29(39)36-17-15-35(16-18-36)21-23-9-12-27-26(19-23)33(7,8)25-11-10-24(37-14-13-34-22-37)20-28(25)38(27)30(40)42-32(4,5)6/h9-14,19-20,22H,15-18,21H2,1-8H3. The zero-order chi connectivity index (χ0) is 30.4. The van der Waals surface area contributed by atoms with Gasteiger partial charge in [-0.25, -0.2) is 19.5 Å². The van der Waals surface area contributed by atoms with Gasteiger partial charge in [0.15, 0.2) is 0 Å². The second kappa shape index (κ2) is 10.8. The molecule has 2 aromatic carbocycles. The van der Waals surface area contributed by atoms with Gasteiger partial charge in [0.25, 0.3) is 0 Å². The first-order chi connectivity index (χ1) is 19.6. The van der Waals surface area contributed by atoms with Crippen LogP contribution in [0.3, 0.4) is 0 Å². The van der Waals surface area contributed by atoms with Crippen LogP contribution in [0.25, 0.3) is 5.69 Å². The van der Waals surface area contributed by atoms with E-state index in [1.54, 1.807) is 22.3 Å². The number of fused-ring (bicyclic) bond motifs is 2. The summed E-state index contributed by atoms with van der Waals surface area (Å²) in [5, 5.41) is 0. The van der Waals surface area contributed by atoms with Crippen LogP contribution in [0.5, 0.6) is 0 Å². The monoisotopic (exact) mass is 573 g/mol. The van der Waals surface area contributed by atoms with Gasteiger partial charge < -0.3 is 18.9 Å². The quantitative estimate of drug-likeness (QED) is 0.350. The summed E-state index contributed by atoms with van der Waals surface area (Å²) >= 11 is 0. The van der Waals surface area contributed by atoms with E-state index >= 15 is 0 Å². The van der Waals surface area contributed by atoms with Crippen LogP contribution in [0.1, 0.15) is 72.1 Å². The maximum atomic E-state index is 13.8. The van der Waals surface area contributed by atoms with E-state index in [1.165, 1.54) is 0 Å². The highest BCUT2D eigenvalue weighted by Crippen LogP contribution is 2.50. The largest absolute Gasteiger partial charge is 0.444 e. The van der Waals surface area contributed by atoms with Crippen LogP contribution < -0.4 is 4.90 Å². The van der Waals surface area contributed by atoms with Crippen molar-refractivity contribution in [3.63, 3.8) is 0 Å². The second-order valence-corrected chi connectivity index (χ2v) is 13.7. The van der Waals surface area contributed by atoms with Crippen LogP contribution in [0.15, 0.2) is 55.1 Å². The molecule has 1 fully saturated rings. The molecule has 224 valence electrons. The zero-order valence-corrected chi connectivity index (χ0v) is 26.1. The highest BCUT2D eigenvalue weighted by molar-refractivity contribution is 6.01. The SMILES string of the molecule is CC(C)(C)OC(=O)N1CCN(Cc2ccc3c(c2)C(C)(C)c2ccc(-n4ccnc4)cc2N3C(=O)OC(C)(C)C)CC1. The summed E-state index contributed by atoms with van der Waals surface area (Å²) in [6.07, 6.45) is 4.72. The first-order valence-corrected chi connectivity index (χ1v) is 14.6. The summed E-state index contributed by atoms with van der Waals surface area (Å²) in [6, 6.07) is 12.6. The van der Waals surface area contributed by atoms with Crippen molar-refractivity contribution < 1.29 is 19.1 Å². The number of anilines is 2. The first-order valence-electron chi connectivity index (χ1n) is 14.6. The number of imidazole rings is 1. The third-order valence-electron chi connectivity index (χ3n) is 7.68. The number of hydrogen-bond donors (Lipinski definition) is 0. The minimum Gasteiger partial charge on any atom is -0.444 e. The number of amides is 2. The van der Waals surface area contributed by atoms with Crippen molar-refractivity contribution >= 4 is 23.6 Å². The smallest absolute Gasteiger partial charge is 0.419 e. The van der Waals surface area contributed by atoms with E-state index in [0.29, 0.717) is 13.1 Å². The van der Waals surface area contributed by atoms with Gasteiger partial charge in [0.2, 0.25) is 0 Å². The number of carbonyl (C=O) groups excluding carboxylic acids is 2. The highest BCUT2D eigenvalue weighted by atomic mass is 16.6. The highest BCUT2D eigenvalue weighted by Gasteiger charge is 2.40. The van der Waals surface area contributed by atoms with Crippen LogP contribution in [-0.4, -0.2) is 68.9 Å². The Bertz CT molecular complexity index is 1460. The molecule has 0 atom stereocenters. The Balaban J connectivity index is 1.44. The normalized spacial score (nSPS) is 17.0. The number of nitrogens with zero attached hydrogens (tertiary/aromatic N) is 5. The molecule has 9 nitrogen and oxygen atoms in total. The van der Waals surface area contributed by atoms with Crippen molar-refractivity contribution in [2.24, 2.45) is 0 Å². The molecule has 5 rings (SSSR count). The van der Waals surface area contributed by atoms with Crippen LogP contribution in [0.4, 0.5) is 21.0 Å². The fraction of sp³-hybridized carbons (Fsp3) is 0.485. The van der Waals surface area contributed by atoms with Crippen molar-refractivity contribution in [3.05, 3.63) is 71.8 Å². The number of ether oxygens (including phenoxy) is 2. The Kier molecular flexibility index (Phi) is 7.60. The summed E-state index contributed by atoms with van der Waals surface area (Å²) in [7, 11) is 0. The molecule has 42 heavy (non-hydrogen) atoms. The third-order valence-corrected chi connectivity index (χ3v) is 7.68. The lowest BCUT2D eigenvalue weighted by molar-refractivity contribution is 0.0138. The predicted molar refractivity (Wildman–Crippen MR) is 164 cm³/mol. The lowest BCUT2D eigenvalue weighted by Crippen LogP contribution is -2.49. The maximum Gasteiger partial charge on any atom is 0.419 e. The van der Waals surface area contributed by atoms with Gasteiger partial charge in [-0.15, -0.1) is 0 Å². The molecule has 2 aliphatic heterocycles. The van der Waals surface area contributed by atoms with Crippen molar-refractivity contribution in [3.8, 4) is 5.69 Å². The van der Waals surface area contributed by atoms with Crippen LogP contribution in [0.2, 0.25) is 0 Å². The molecule has 0 N–H and O–H groups in total. The minimum atomic E-state index is -0.645. The van der Waals surface area contributed by atoms with E-state index < -0.39 is 17.3 Å². The number of piperazine rings is 1. The van der Waals surface area contributed by atoms with Crippen LogP contribution in [-0.2, 0) is 21.4 Å². The molecule has 0 saturated carbocycles. The molecule has 9 heteroatoms. The number of benzene rings is 2. The Morgan fingerprint density at radius 3 is 2.12 bits per heavy atom. The summed E-state index contributed by atoms with van der Waals surface area (Å²) in [6.45, 7) is 19.3. The number of rotatable bonds is 3. The van der Waals surface area contributed by atoms with Gasteiger partial charge in [-0.05, 0) is 76.4 Å². The first kappa shape index (κ1) is 29.6. The van der Waals surface area contributed by atoms with Gasteiger partial charge in [-0.3, -0.25) is 4.90 Å². The Morgan fingerprint density at radius 1 is 0.833 bits per heavy atom. The topological polar surface area (TPSA) is 80.1 Å². The lowest BCUT2D eigenvalue weighted by Gasteiger charge is -2.42. The molecule has 1 saturated heterocycles. The molecular formula is C33H43N5O4. The number of hydrogen-bond acceptors (Lipinski definition) is 6. The number of aromatic nitrogens is 2. The van der Waals surface area contributed by atoms with Crippen molar-refractivity contribution in [2.75, 3.05) is 31.1 Å². The average Bonchev–Trinajstić information content (AvgIpc) is 3.42. The molecule has 3 aromatic rings. The predicted octanol–water partition coefficient (Wildman–Crippen LogP) is 6.64. The van der Waals surface area contributed by atoms with Gasteiger partial charge in [0.1, 0.15) is 11.2 Å². The third kappa shape index (κ3) is 6.16. The molecule has 2 amide bonds. The lowest BCUT2D eigenvalue weighted by atomic mass is 9.73. The van der Waals surface area contributed by atoms with Gasteiger partial charge >= 0.3 is 12.2 Å². The minimum absolute atomic E-state index is 0.255. The van der Waals surface area contributed by atoms with Crippen LogP contribution >= 0.6 is 0 Å².